The molecule has 0 aliphatic carbocycles. The number of carbonyl (C=O) groups is 1. The van der Waals surface area contributed by atoms with Crippen LogP contribution in [0.2, 0.25) is 0 Å². The number of H-pyrrole nitrogens is 1. The highest BCUT2D eigenvalue weighted by Gasteiger charge is 2.14. The van der Waals surface area contributed by atoms with Gasteiger partial charge in [0.2, 0.25) is 0 Å². The molecule has 0 atom stereocenters. The Bertz CT molecular complexity index is 478. The maximum absolute atomic E-state index is 10.6. The summed E-state index contributed by atoms with van der Waals surface area (Å²) in [7, 11) is 0. The van der Waals surface area contributed by atoms with Gasteiger partial charge in [-0.3, -0.25) is 4.79 Å². The predicted octanol–water partition coefficient (Wildman–Crippen LogP) is 2.53. The predicted molar refractivity (Wildman–Crippen MR) is 60.9 cm³/mol. The third-order valence-electron chi connectivity index (χ3n) is 1.83. The second-order valence-electron chi connectivity index (χ2n) is 2.90. The molecule has 0 radical (unpaired) electrons. The zero-order chi connectivity index (χ0) is 10.8. The molecule has 0 aliphatic rings. The highest BCUT2D eigenvalue weighted by molar-refractivity contribution is 9.10. The van der Waals surface area contributed by atoms with E-state index in [-0.39, 0.29) is 6.42 Å². The molecule has 78 valence electrons. The van der Waals surface area contributed by atoms with E-state index in [1.807, 2.05) is 17.5 Å². The lowest BCUT2D eigenvalue weighted by atomic mass is 10.2. The van der Waals surface area contributed by atoms with Gasteiger partial charge < -0.3 is 10.1 Å². The van der Waals surface area contributed by atoms with Gasteiger partial charge in [0, 0.05) is 0 Å². The summed E-state index contributed by atoms with van der Waals surface area (Å²) in [4.78, 5) is 18.7. The molecule has 2 N–H and O–H groups in total. The molecule has 0 fully saturated rings. The van der Waals surface area contributed by atoms with Crippen molar-refractivity contribution >= 4 is 33.2 Å². The molecule has 15 heavy (non-hydrogen) atoms. The summed E-state index contributed by atoms with van der Waals surface area (Å²) < 4.78 is 0.558. The number of hydrogen-bond acceptors (Lipinski definition) is 3. The topological polar surface area (TPSA) is 66.0 Å². The van der Waals surface area contributed by atoms with Crippen LogP contribution >= 0.6 is 27.3 Å². The lowest BCUT2D eigenvalue weighted by molar-refractivity contribution is -0.136. The van der Waals surface area contributed by atoms with E-state index in [1.165, 1.54) is 11.3 Å². The molecular formula is C9H7BrN2O2S. The normalized spacial score (nSPS) is 10.5. The largest absolute Gasteiger partial charge is 0.481 e. The first-order valence-corrected chi connectivity index (χ1v) is 5.84. The van der Waals surface area contributed by atoms with Crippen molar-refractivity contribution < 1.29 is 9.90 Å². The van der Waals surface area contributed by atoms with Gasteiger partial charge in [0.1, 0.15) is 5.69 Å². The molecular weight excluding hydrogens is 280 g/mol. The van der Waals surface area contributed by atoms with Crippen molar-refractivity contribution in [2.24, 2.45) is 0 Å². The summed E-state index contributed by atoms with van der Waals surface area (Å²) in [5.41, 5.74) is 1.33. The second kappa shape index (κ2) is 4.16. The first kappa shape index (κ1) is 10.4. The summed E-state index contributed by atoms with van der Waals surface area (Å²) >= 11 is 4.74. The van der Waals surface area contributed by atoms with E-state index in [2.05, 4.69) is 25.9 Å². The number of rotatable bonds is 3. The Morgan fingerprint density at radius 2 is 2.47 bits per heavy atom. The highest BCUT2D eigenvalue weighted by atomic mass is 79.9. The van der Waals surface area contributed by atoms with Crippen molar-refractivity contribution in [3.63, 3.8) is 0 Å². The van der Waals surface area contributed by atoms with Gasteiger partial charge in [-0.05, 0) is 27.4 Å². The van der Waals surface area contributed by atoms with Crippen LogP contribution in [0.1, 0.15) is 5.69 Å². The number of nitrogens with one attached hydrogen (secondary N) is 1. The quantitative estimate of drug-likeness (QED) is 0.911. The van der Waals surface area contributed by atoms with E-state index in [1.54, 1.807) is 0 Å². The van der Waals surface area contributed by atoms with E-state index in [9.17, 15) is 4.79 Å². The molecule has 2 rings (SSSR count). The van der Waals surface area contributed by atoms with Gasteiger partial charge in [0.25, 0.3) is 0 Å². The van der Waals surface area contributed by atoms with Crippen LogP contribution in [-0.2, 0) is 11.2 Å². The molecule has 2 aromatic rings. The van der Waals surface area contributed by atoms with Crippen molar-refractivity contribution in [1.29, 1.82) is 0 Å². The van der Waals surface area contributed by atoms with Crippen LogP contribution in [0, 0.1) is 0 Å². The van der Waals surface area contributed by atoms with Gasteiger partial charge in [0.05, 0.1) is 17.0 Å². The number of aromatic amines is 1. The van der Waals surface area contributed by atoms with Crippen LogP contribution in [0.3, 0.4) is 0 Å². The molecule has 2 heterocycles. The third-order valence-corrected chi connectivity index (χ3v) is 3.08. The van der Waals surface area contributed by atoms with Crippen molar-refractivity contribution in [3.8, 4) is 10.6 Å². The molecule has 0 aliphatic heterocycles. The van der Waals surface area contributed by atoms with Gasteiger partial charge in [0.15, 0.2) is 4.73 Å². The SMILES string of the molecule is O=C(O)Cc1[nH]c(Br)nc1-c1cccs1. The summed E-state index contributed by atoms with van der Waals surface area (Å²) in [5, 5.41) is 10.7. The average molecular weight is 287 g/mol. The molecule has 0 unspecified atom stereocenters. The van der Waals surface area contributed by atoms with E-state index < -0.39 is 5.97 Å². The van der Waals surface area contributed by atoms with Crippen LogP contribution in [0.25, 0.3) is 10.6 Å². The molecule has 4 nitrogen and oxygen atoms in total. The average Bonchev–Trinajstić information content (AvgIpc) is 2.72. The van der Waals surface area contributed by atoms with E-state index in [0.717, 1.165) is 4.88 Å². The zero-order valence-corrected chi connectivity index (χ0v) is 9.93. The molecule has 6 heteroatoms. The van der Waals surface area contributed by atoms with Gasteiger partial charge >= 0.3 is 5.97 Å². The molecule has 0 spiro atoms. The minimum absolute atomic E-state index is 0.0498. The number of imidazole rings is 1. The number of hydrogen-bond donors (Lipinski definition) is 2. The van der Waals surface area contributed by atoms with Gasteiger partial charge in [-0.2, -0.15) is 0 Å². The van der Waals surface area contributed by atoms with E-state index in [0.29, 0.717) is 16.1 Å². The molecule has 0 saturated carbocycles. The number of nitrogens with zero attached hydrogens (tertiary/aromatic N) is 1. The highest BCUT2D eigenvalue weighted by Crippen LogP contribution is 2.27. The molecule has 0 saturated heterocycles. The smallest absolute Gasteiger partial charge is 0.309 e. The standard InChI is InChI=1S/C9H7BrN2O2S/c10-9-11-5(4-7(13)14)8(12-9)6-2-1-3-15-6/h1-3H,4H2,(H,11,12)(H,13,14). The van der Waals surface area contributed by atoms with Crippen LogP contribution in [-0.4, -0.2) is 21.0 Å². The summed E-state index contributed by atoms with van der Waals surface area (Å²) in [6, 6.07) is 3.83. The summed E-state index contributed by atoms with van der Waals surface area (Å²) in [6.45, 7) is 0. The number of halogens is 1. The Morgan fingerprint density at radius 1 is 1.67 bits per heavy atom. The Kier molecular flexibility index (Phi) is 2.88. The molecule has 0 aromatic carbocycles. The fraction of sp³-hybridized carbons (Fsp3) is 0.111. The van der Waals surface area contributed by atoms with Crippen LogP contribution < -0.4 is 0 Å². The van der Waals surface area contributed by atoms with E-state index in [4.69, 9.17) is 5.11 Å². The van der Waals surface area contributed by atoms with Crippen LogP contribution in [0.4, 0.5) is 0 Å². The first-order valence-electron chi connectivity index (χ1n) is 4.17. The number of aromatic nitrogens is 2. The van der Waals surface area contributed by atoms with Crippen molar-refractivity contribution in [3.05, 3.63) is 27.9 Å². The lowest BCUT2D eigenvalue weighted by Gasteiger charge is -1.95. The van der Waals surface area contributed by atoms with Crippen molar-refractivity contribution in [2.45, 2.75) is 6.42 Å². The van der Waals surface area contributed by atoms with Crippen LogP contribution in [0.5, 0.6) is 0 Å². The number of thiophene rings is 1. The maximum atomic E-state index is 10.6. The summed E-state index contributed by atoms with van der Waals surface area (Å²) in [5.74, 6) is -0.871. The number of aliphatic carboxylic acids is 1. The maximum Gasteiger partial charge on any atom is 0.309 e. The van der Waals surface area contributed by atoms with Gasteiger partial charge in [-0.1, -0.05) is 6.07 Å². The Hall–Kier alpha value is -1.14. The number of carboxylic acid groups (broad SMARTS) is 1. The lowest BCUT2D eigenvalue weighted by Crippen LogP contribution is -2.01. The van der Waals surface area contributed by atoms with Gasteiger partial charge in [-0.25, -0.2) is 4.98 Å². The zero-order valence-electron chi connectivity index (χ0n) is 7.53. The third kappa shape index (κ3) is 2.27. The molecule has 0 amide bonds. The minimum atomic E-state index is -0.871. The second-order valence-corrected chi connectivity index (χ2v) is 4.60. The monoisotopic (exact) mass is 286 g/mol. The van der Waals surface area contributed by atoms with E-state index >= 15 is 0 Å². The van der Waals surface area contributed by atoms with Crippen molar-refractivity contribution in [1.82, 2.24) is 9.97 Å². The number of carboxylic acids is 1. The van der Waals surface area contributed by atoms with Crippen molar-refractivity contribution in [2.75, 3.05) is 0 Å². The van der Waals surface area contributed by atoms with Gasteiger partial charge in [-0.15, -0.1) is 11.3 Å². The van der Waals surface area contributed by atoms with Crippen LogP contribution in [0.15, 0.2) is 22.2 Å². The minimum Gasteiger partial charge on any atom is -0.481 e. The Balaban J connectivity index is 2.42. The first-order chi connectivity index (χ1) is 7.16. The fourth-order valence-electron chi connectivity index (χ4n) is 1.27. The molecule has 2 aromatic heterocycles. The fourth-order valence-corrected chi connectivity index (χ4v) is 2.43. The summed E-state index contributed by atoms with van der Waals surface area (Å²) in [6.07, 6.45) is -0.0498. The Labute approximate surface area is 98.1 Å². The Morgan fingerprint density at radius 3 is 3.07 bits per heavy atom. The molecule has 0 bridgehead atoms.